The van der Waals surface area contributed by atoms with Crippen molar-refractivity contribution in [1.29, 1.82) is 0 Å². The molecule has 1 N–H and O–H groups in total. The van der Waals surface area contributed by atoms with Crippen molar-refractivity contribution >= 4 is 28.6 Å². The minimum Gasteiger partial charge on any atom is -0.497 e. The molecule has 2 aromatic heterocycles. The number of hydrogen-bond donors (Lipinski definition) is 1. The summed E-state index contributed by atoms with van der Waals surface area (Å²) in [5, 5.41) is 10.5. The number of carbonyl (C=O) groups is 1. The lowest BCUT2D eigenvalue weighted by Crippen LogP contribution is -2.41. The van der Waals surface area contributed by atoms with Gasteiger partial charge in [-0.3, -0.25) is 9.78 Å². The van der Waals surface area contributed by atoms with Crippen molar-refractivity contribution in [2.24, 2.45) is 18.9 Å². The van der Waals surface area contributed by atoms with Crippen LogP contribution in [0.5, 0.6) is 5.75 Å². The lowest BCUT2D eigenvalue weighted by molar-refractivity contribution is -0.137. The van der Waals surface area contributed by atoms with E-state index in [1.165, 1.54) is 22.3 Å². The zero-order valence-electron chi connectivity index (χ0n) is 21.6. The fourth-order valence-corrected chi connectivity index (χ4v) is 6.41. The second-order valence-corrected chi connectivity index (χ2v) is 11.2. The average molecular weight is 510 g/mol. The topological polar surface area (TPSA) is 67.6 Å². The van der Waals surface area contributed by atoms with Gasteiger partial charge >= 0.3 is 5.97 Å². The number of aromatic nitrogens is 2. The molecule has 0 radical (unpaired) electrons. The van der Waals surface area contributed by atoms with Gasteiger partial charge in [-0.25, -0.2) is 0 Å². The van der Waals surface area contributed by atoms with E-state index in [-0.39, 0.29) is 6.42 Å². The lowest BCUT2D eigenvalue weighted by atomic mass is 9.79. The summed E-state index contributed by atoms with van der Waals surface area (Å²) in [6.07, 6.45) is 12.8. The van der Waals surface area contributed by atoms with Crippen molar-refractivity contribution in [2.75, 3.05) is 32.5 Å². The molecule has 1 aliphatic rings. The van der Waals surface area contributed by atoms with Crippen molar-refractivity contribution in [1.82, 2.24) is 14.5 Å². The SMILES string of the molecule is COc1ccc2nccc(CCC[C@@H]3CCN(CCCSc4ccn(C)c4)C[C@@H]3CCC(=O)O)c2c1. The molecular formula is C29H39N3O3S. The predicted molar refractivity (Wildman–Crippen MR) is 147 cm³/mol. The molecule has 7 heteroatoms. The number of carboxylic acids is 1. The fraction of sp³-hybridized carbons (Fsp3) is 0.517. The van der Waals surface area contributed by atoms with Gasteiger partial charge in [-0.2, -0.15) is 0 Å². The summed E-state index contributed by atoms with van der Waals surface area (Å²) in [6, 6.07) is 10.4. The van der Waals surface area contributed by atoms with Gasteiger partial charge in [0, 0.05) is 48.9 Å². The van der Waals surface area contributed by atoms with E-state index in [4.69, 9.17) is 4.74 Å². The number of nitrogens with zero attached hydrogens (tertiary/aromatic N) is 3. The molecule has 6 nitrogen and oxygen atoms in total. The summed E-state index contributed by atoms with van der Waals surface area (Å²) < 4.78 is 7.51. The first-order valence-electron chi connectivity index (χ1n) is 13.1. The minimum atomic E-state index is -0.678. The highest BCUT2D eigenvalue weighted by Gasteiger charge is 2.29. The number of methoxy groups -OCH3 is 1. The van der Waals surface area contributed by atoms with Crippen LogP contribution in [0.3, 0.4) is 0 Å². The van der Waals surface area contributed by atoms with Gasteiger partial charge in [0.25, 0.3) is 0 Å². The molecule has 36 heavy (non-hydrogen) atoms. The standard InChI is InChI=1S/C29H39N3O3S/c1-31-16-13-26(21-31)36-18-4-15-32-17-12-22(24(20-32)7-10-29(33)34)5-3-6-23-11-14-30-28-9-8-25(35-2)19-27(23)28/h8-9,11,13-14,16,19,21-22,24H,3-7,10,12,15,17-18,20H2,1-2H3,(H,33,34)/t22-,24+/m1/s1. The molecule has 1 aromatic carbocycles. The van der Waals surface area contributed by atoms with E-state index in [2.05, 4.69) is 52.1 Å². The first-order valence-corrected chi connectivity index (χ1v) is 14.1. The van der Waals surface area contributed by atoms with Crippen LogP contribution >= 0.6 is 11.8 Å². The number of ether oxygens (including phenoxy) is 1. The summed E-state index contributed by atoms with van der Waals surface area (Å²) in [6.45, 7) is 3.25. The number of pyridine rings is 1. The van der Waals surface area contributed by atoms with E-state index in [9.17, 15) is 9.90 Å². The summed E-state index contributed by atoms with van der Waals surface area (Å²) in [7, 11) is 3.75. The largest absolute Gasteiger partial charge is 0.497 e. The van der Waals surface area contributed by atoms with Crippen molar-refractivity contribution in [2.45, 2.75) is 49.8 Å². The lowest BCUT2D eigenvalue weighted by Gasteiger charge is -2.39. The average Bonchev–Trinajstić information content (AvgIpc) is 3.30. The number of aliphatic carboxylic acids is 1. The molecular weight excluding hydrogens is 470 g/mol. The smallest absolute Gasteiger partial charge is 0.303 e. The molecule has 0 spiro atoms. The quantitative estimate of drug-likeness (QED) is 0.229. The predicted octanol–water partition coefficient (Wildman–Crippen LogP) is 5.89. The van der Waals surface area contributed by atoms with E-state index < -0.39 is 5.97 Å². The van der Waals surface area contributed by atoms with Crippen LogP contribution < -0.4 is 4.74 Å². The van der Waals surface area contributed by atoms with Gasteiger partial charge in [0.1, 0.15) is 5.75 Å². The van der Waals surface area contributed by atoms with Crippen LogP contribution in [0.25, 0.3) is 10.9 Å². The maximum Gasteiger partial charge on any atom is 0.303 e. The fourth-order valence-electron chi connectivity index (χ4n) is 5.50. The van der Waals surface area contributed by atoms with E-state index in [0.29, 0.717) is 11.8 Å². The van der Waals surface area contributed by atoms with E-state index >= 15 is 0 Å². The Morgan fingerprint density at radius 3 is 2.86 bits per heavy atom. The zero-order chi connectivity index (χ0) is 25.3. The first kappa shape index (κ1) is 26.6. The molecule has 0 aliphatic carbocycles. The Bertz CT molecular complexity index is 1130. The Morgan fingerprint density at radius 2 is 2.08 bits per heavy atom. The molecule has 0 amide bonds. The number of fused-ring (bicyclic) bond motifs is 1. The highest BCUT2D eigenvalue weighted by atomic mass is 32.2. The Labute approximate surface area is 219 Å². The number of likely N-dealkylation sites (tertiary alicyclic amines) is 1. The Hall–Kier alpha value is -2.51. The highest BCUT2D eigenvalue weighted by molar-refractivity contribution is 7.99. The molecule has 194 valence electrons. The maximum atomic E-state index is 11.3. The van der Waals surface area contributed by atoms with Gasteiger partial charge in [0.2, 0.25) is 0 Å². The maximum absolute atomic E-state index is 11.3. The third-order valence-corrected chi connectivity index (χ3v) is 8.52. The van der Waals surface area contributed by atoms with Gasteiger partial charge in [-0.1, -0.05) is 0 Å². The number of piperidine rings is 1. The first-order chi connectivity index (χ1) is 17.5. The summed E-state index contributed by atoms with van der Waals surface area (Å²) in [5.74, 6) is 2.37. The Balaban J connectivity index is 1.28. The molecule has 3 aromatic rings. The van der Waals surface area contributed by atoms with Gasteiger partial charge in [-0.15, -0.1) is 11.8 Å². The number of carboxylic acid groups (broad SMARTS) is 1. The molecule has 0 bridgehead atoms. The van der Waals surface area contributed by atoms with Crippen LogP contribution in [0, 0.1) is 11.8 Å². The van der Waals surface area contributed by atoms with E-state index in [1.807, 2.05) is 30.1 Å². The van der Waals surface area contributed by atoms with Gasteiger partial charge in [-0.05, 0) is 105 Å². The molecule has 1 saturated heterocycles. The molecule has 4 rings (SSSR count). The number of hydrogen-bond acceptors (Lipinski definition) is 5. The zero-order valence-corrected chi connectivity index (χ0v) is 22.4. The second kappa shape index (κ2) is 13.2. The monoisotopic (exact) mass is 509 g/mol. The molecule has 3 heterocycles. The number of thioether (sulfide) groups is 1. The summed E-state index contributed by atoms with van der Waals surface area (Å²) in [5.41, 5.74) is 2.32. The number of aryl methyl sites for hydroxylation is 2. The van der Waals surface area contributed by atoms with Gasteiger partial charge in [0.15, 0.2) is 0 Å². The normalized spacial score (nSPS) is 18.5. The van der Waals surface area contributed by atoms with Crippen molar-refractivity contribution in [3.8, 4) is 5.75 Å². The Kier molecular flexibility index (Phi) is 9.70. The molecule has 1 aliphatic heterocycles. The number of benzene rings is 1. The van der Waals surface area contributed by atoms with Crippen LogP contribution in [0.1, 0.15) is 44.1 Å². The second-order valence-electron chi connectivity index (χ2n) is 10.0. The van der Waals surface area contributed by atoms with Gasteiger partial charge in [0.05, 0.1) is 12.6 Å². The van der Waals surface area contributed by atoms with E-state index in [1.54, 1.807) is 7.11 Å². The summed E-state index contributed by atoms with van der Waals surface area (Å²) in [4.78, 5) is 19.7. The third kappa shape index (κ3) is 7.50. The van der Waals surface area contributed by atoms with Crippen LogP contribution in [-0.2, 0) is 18.3 Å². The molecule has 0 unspecified atom stereocenters. The minimum absolute atomic E-state index is 0.271. The number of rotatable bonds is 13. The molecule has 1 fully saturated rings. The molecule has 2 atom stereocenters. The van der Waals surface area contributed by atoms with Crippen molar-refractivity contribution in [3.63, 3.8) is 0 Å². The third-order valence-electron chi connectivity index (χ3n) is 7.46. The van der Waals surface area contributed by atoms with Crippen molar-refractivity contribution in [3.05, 3.63) is 54.5 Å². The van der Waals surface area contributed by atoms with Gasteiger partial charge < -0.3 is 19.3 Å². The van der Waals surface area contributed by atoms with Crippen LogP contribution in [0.4, 0.5) is 0 Å². The van der Waals surface area contributed by atoms with Crippen LogP contribution in [0.2, 0.25) is 0 Å². The summed E-state index contributed by atoms with van der Waals surface area (Å²) >= 11 is 1.92. The van der Waals surface area contributed by atoms with Crippen LogP contribution in [0.15, 0.2) is 53.8 Å². The van der Waals surface area contributed by atoms with Crippen molar-refractivity contribution < 1.29 is 14.6 Å². The van der Waals surface area contributed by atoms with E-state index in [0.717, 1.165) is 68.8 Å². The van der Waals surface area contributed by atoms with Crippen LogP contribution in [-0.4, -0.2) is 58.0 Å². The molecule has 0 saturated carbocycles. The Morgan fingerprint density at radius 1 is 1.19 bits per heavy atom. The highest BCUT2D eigenvalue weighted by Crippen LogP contribution is 2.32.